The van der Waals surface area contributed by atoms with Crippen LogP contribution in [0.5, 0.6) is 5.88 Å². The second kappa shape index (κ2) is 7.92. The third-order valence-corrected chi connectivity index (χ3v) is 6.21. The fraction of sp³-hybridized carbons (Fsp3) is 0.478. The molecule has 2 aliphatic rings. The fourth-order valence-corrected chi connectivity index (χ4v) is 4.60. The van der Waals surface area contributed by atoms with Crippen LogP contribution in [0, 0.1) is 0 Å². The zero-order valence-corrected chi connectivity index (χ0v) is 16.1. The number of para-hydroxylation sites is 2. The summed E-state index contributed by atoms with van der Waals surface area (Å²) in [5.74, 6) is 2.96. The summed E-state index contributed by atoms with van der Waals surface area (Å²) in [5.41, 5.74) is 3.45. The molecule has 1 N–H and O–H groups in total. The van der Waals surface area contributed by atoms with E-state index in [1.807, 2.05) is 18.3 Å². The summed E-state index contributed by atoms with van der Waals surface area (Å²) in [4.78, 5) is 12.9. The van der Waals surface area contributed by atoms with Crippen molar-refractivity contribution < 1.29 is 9.47 Å². The third kappa shape index (κ3) is 3.63. The Bertz CT molecular complexity index is 891. The number of hydrogen-bond acceptors (Lipinski definition) is 4. The second-order valence-electron chi connectivity index (χ2n) is 8.02. The first kappa shape index (κ1) is 17.7. The van der Waals surface area contributed by atoms with Gasteiger partial charge in [0.25, 0.3) is 0 Å². The minimum absolute atomic E-state index is 0.245. The molecule has 1 aromatic carbocycles. The third-order valence-electron chi connectivity index (χ3n) is 6.21. The van der Waals surface area contributed by atoms with Gasteiger partial charge in [0.15, 0.2) is 0 Å². The van der Waals surface area contributed by atoms with Gasteiger partial charge < -0.3 is 14.5 Å². The van der Waals surface area contributed by atoms with E-state index in [4.69, 9.17) is 14.5 Å². The summed E-state index contributed by atoms with van der Waals surface area (Å²) in [6.07, 6.45) is 8.50. The molecule has 1 aliphatic carbocycles. The Kier molecular flexibility index (Phi) is 5.00. The number of hydrogen-bond donors (Lipinski definition) is 1. The fourth-order valence-electron chi connectivity index (χ4n) is 4.60. The zero-order chi connectivity index (χ0) is 18.8. The highest BCUT2D eigenvalue weighted by molar-refractivity contribution is 5.74. The van der Waals surface area contributed by atoms with Crippen LogP contribution in [0.2, 0.25) is 0 Å². The van der Waals surface area contributed by atoms with Crippen molar-refractivity contribution in [3.05, 3.63) is 54.0 Å². The van der Waals surface area contributed by atoms with E-state index >= 15 is 0 Å². The number of imidazole rings is 1. The minimum atomic E-state index is 0.245. The van der Waals surface area contributed by atoms with Crippen molar-refractivity contribution in [2.75, 3.05) is 13.2 Å². The zero-order valence-electron chi connectivity index (χ0n) is 16.1. The highest BCUT2D eigenvalue weighted by Gasteiger charge is 2.27. The van der Waals surface area contributed by atoms with E-state index in [2.05, 4.69) is 34.2 Å². The molecular formula is C23H27N3O2. The Labute approximate surface area is 165 Å². The van der Waals surface area contributed by atoms with Gasteiger partial charge in [0.2, 0.25) is 5.88 Å². The molecule has 0 amide bonds. The predicted molar refractivity (Wildman–Crippen MR) is 109 cm³/mol. The molecule has 0 unspecified atom stereocenters. The summed E-state index contributed by atoms with van der Waals surface area (Å²) in [7, 11) is 0. The van der Waals surface area contributed by atoms with Crippen molar-refractivity contribution in [1.82, 2.24) is 15.0 Å². The van der Waals surface area contributed by atoms with Gasteiger partial charge >= 0.3 is 0 Å². The van der Waals surface area contributed by atoms with Gasteiger partial charge in [-0.1, -0.05) is 18.2 Å². The van der Waals surface area contributed by atoms with Gasteiger partial charge in [-0.2, -0.15) is 0 Å². The molecule has 0 bridgehead atoms. The molecule has 5 rings (SSSR count). The monoisotopic (exact) mass is 377 g/mol. The lowest BCUT2D eigenvalue weighted by molar-refractivity contribution is 0.0828. The van der Waals surface area contributed by atoms with E-state index < -0.39 is 0 Å². The highest BCUT2D eigenvalue weighted by atomic mass is 16.5. The molecule has 0 spiro atoms. The van der Waals surface area contributed by atoms with Crippen LogP contribution in [0.3, 0.4) is 0 Å². The molecule has 5 nitrogen and oxygen atoms in total. The van der Waals surface area contributed by atoms with Crippen LogP contribution in [0.4, 0.5) is 0 Å². The molecule has 3 aromatic rings. The normalized spacial score (nSPS) is 23.7. The van der Waals surface area contributed by atoms with Gasteiger partial charge in [-0.25, -0.2) is 9.97 Å². The number of pyridine rings is 1. The Morgan fingerprint density at radius 1 is 0.893 bits per heavy atom. The molecule has 0 atom stereocenters. The molecule has 2 aromatic heterocycles. The van der Waals surface area contributed by atoms with Crippen LogP contribution < -0.4 is 4.74 Å². The molecule has 146 valence electrons. The van der Waals surface area contributed by atoms with Crippen molar-refractivity contribution in [3.8, 4) is 5.88 Å². The average molecular weight is 377 g/mol. The smallest absolute Gasteiger partial charge is 0.217 e. The number of rotatable bonds is 4. The Hall–Kier alpha value is -2.40. The number of nitrogens with one attached hydrogen (secondary N) is 1. The van der Waals surface area contributed by atoms with Gasteiger partial charge in [-0.05, 0) is 62.6 Å². The first-order valence-corrected chi connectivity index (χ1v) is 10.5. The van der Waals surface area contributed by atoms with Crippen molar-refractivity contribution in [2.45, 2.75) is 56.5 Å². The van der Waals surface area contributed by atoms with Crippen LogP contribution in [0.25, 0.3) is 11.0 Å². The first-order valence-electron chi connectivity index (χ1n) is 10.5. The molecular weight excluding hydrogens is 350 g/mol. The van der Waals surface area contributed by atoms with E-state index in [1.165, 1.54) is 5.56 Å². The summed E-state index contributed by atoms with van der Waals surface area (Å²) < 4.78 is 11.9. The van der Waals surface area contributed by atoms with Crippen LogP contribution in [-0.2, 0) is 4.74 Å². The van der Waals surface area contributed by atoms with Crippen LogP contribution >= 0.6 is 0 Å². The summed E-state index contributed by atoms with van der Waals surface area (Å²) >= 11 is 0. The average Bonchev–Trinajstić information content (AvgIpc) is 3.20. The molecule has 28 heavy (non-hydrogen) atoms. The number of H-pyrrole nitrogens is 1. The summed E-state index contributed by atoms with van der Waals surface area (Å²) in [6.45, 7) is 1.67. The van der Waals surface area contributed by atoms with Gasteiger partial charge in [0, 0.05) is 30.9 Å². The quantitative estimate of drug-likeness (QED) is 0.698. The SMILES string of the molecule is c1cnc(O[C@H]2CC[C@@H](c3nc4ccccc4[nH]3)CC2)c(C2CCOCC2)c1. The Balaban J connectivity index is 1.24. The van der Waals surface area contributed by atoms with E-state index in [9.17, 15) is 0 Å². The number of benzene rings is 1. The standard InChI is InChI=1S/C23H27N3O2/c1-2-6-21-20(5-1)25-22(26-21)17-7-9-18(10-8-17)28-23-19(4-3-13-24-23)16-11-14-27-15-12-16/h1-6,13,16-18H,7-12,14-15H2,(H,25,26)/t17-,18+. The van der Waals surface area contributed by atoms with E-state index in [0.717, 1.165) is 74.5 Å². The minimum Gasteiger partial charge on any atom is -0.474 e. The summed E-state index contributed by atoms with van der Waals surface area (Å²) in [6, 6.07) is 12.5. The highest BCUT2D eigenvalue weighted by Crippen LogP contribution is 2.37. The molecule has 2 fully saturated rings. The van der Waals surface area contributed by atoms with Crippen molar-refractivity contribution in [2.24, 2.45) is 0 Å². The lowest BCUT2D eigenvalue weighted by Crippen LogP contribution is -2.25. The summed E-state index contributed by atoms with van der Waals surface area (Å²) in [5, 5.41) is 0. The second-order valence-corrected chi connectivity index (χ2v) is 8.02. The first-order chi connectivity index (χ1) is 13.9. The molecule has 5 heteroatoms. The largest absolute Gasteiger partial charge is 0.474 e. The number of nitrogens with zero attached hydrogens (tertiary/aromatic N) is 2. The van der Waals surface area contributed by atoms with Crippen LogP contribution in [-0.4, -0.2) is 34.3 Å². The van der Waals surface area contributed by atoms with Crippen LogP contribution in [0.1, 0.15) is 61.7 Å². The molecule has 1 saturated heterocycles. The van der Waals surface area contributed by atoms with Crippen molar-refractivity contribution in [3.63, 3.8) is 0 Å². The van der Waals surface area contributed by atoms with E-state index in [1.54, 1.807) is 0 Å². The maximum Gasteiger partial charge on any atom is 0.217 e. The maximum atomic E-state index is 6.40. The van der Waals surface area contributed by atoms with Gasteiger partial charge in [0.1, 0.15) is 11.9 Å². The van der Waals surface area contributed by atoms with Gasteiger partial charge in [0.05, 0.1) is 11.0 Å². The van der Waals surface area contributed by atoms with Crippen molar-refractivity contribution in [1.29, 1.82) is 0 Å². The van der Waals surface area contributed by atoms with E-state index in [0.29, 0.717) is 11.8 Å². The van der Waals surface area contributed by atoms with Gasteiger partial charge in [-0.3, -0.25) is 0 Å². The number of ether oxygens (including phenoxy) is 2. The molecule has 3 heterocycles. The number of fused-ring (bicyclic) bond motifs is 1. The van der Waals surface area contributed by atoms with Crippen LogP contribution in [0.15, 0.2) is 42.6 Å². The molecule has 0 radical (unpaired) electrons. The van der Waals surface area contributed by atoms with Gasteiger partial charge in [-0.15, -0.1) is 0 Å². The predicted octanol–water partition coefficient (Wildman–Crippen LogP) is 4.96. The number of aromatic amines is 1. The Morgan fingerprint density at radius 2 is 1.71 bits per heavy atom. The maximum absolute atomic E-state index is 6.40. The van der Waals surface area contributed by atoms with Crippen molar-refractivity contribution >= 4 is 11.0 Å². The molecule has 1 aliphatic heterocycles. The lowest BCUT2D eigenvalue weighted by Gasteiger charge is -2.29. The lowest BCUT2D eigenvalue weighted by atomic mass is 9.86. The Morgan fingerprint density at radius 3 is 2.54 bits per heavy atom. The molecule has 1 saturated carbocycles. The van der Waals surface area contributed by atoms with E-state index in [-0.39, 0.29) is 6.10 Å². The topological polar surface area (TPSA) is 60.0 Å². The number of aromatic nitrogens is 3.